The highest BCUT2D eigenvalue weighted by Gasteiger charge is 2.16. The van der Waals surface area contributed by atoms with Crippen molar-refractivity contribution in [1.29, 1.82) is 0 Å². The minimum atomic E-state index is -0.226. The molecule has 0 aliphatic carbocycles. The standard InChI is InChI=1S/C7H13NO3.C3H8/c1-2-11-7(9)8-3-5-10-6-4-8;1-3-2/h2-6H2,1H3;3H2,1-2H3. The first-order valence-electron chi connectivity index (χ1n) is 5.25. The molecule has 4 nitrogen and oxygen atoms in total. The molecule has 0 unspecified atom stereocenters. The van der Waals surface area contributed by atoms with Crippen LogP contribution in [0.25, 0.3) is 0 Å². The third-order valence-corrected chi connectivity index (χ3v) is 1.54. The maximum absolute atomic E-state index is 11.0. The van der Waals surface area contributed by atoms with Crippen LogP contribution in [0.15, 0.2) is 0 Å². The number of carbonyl (C=O) groups is 1. The zero-order valence-electron chi connectivity index (χ0n) is 9.41. The van der Waals surface area contributed by atoms with Crippen molar-refractivity contribution in [3.8, 4) is 0 Å². The van der Waals surface area contributed by atoms with Gasteiger partial charge < -0.3 is 14.4 Å². The molecule has 0 aromatic heterocycles. The van der Waals surface area contributed by atoms with E-state index in [4.69, 9.17) is 9.47 Å². The highest BCUT2D eigenvalue weighted by atomic mass is 16.6. The van der Waals surface area contributed by atoms with E-state index in [2.05, 4.69) is 13.8 Å². The summed E-state index contributed by atoms with van der Waals surface area (Å²) in [6.07, 6.45) is 1.02. The summed E-state index contributed by atoms with van der Waals surface area (Å²) in [5.74, 6) is 0. The Labute approximate surface area is 86.2 Å². The molecule has 1 rings (SSSR count). The Balaban J connectivity index is 0.000000500. The Morgan fingerprint density at radius 2 is 1.79 bits per heavy atom. The summed E-state index contributed by atoms with van der Waals surface area (Å²) in [6.45, 7) is 9.05. The number of hydrogen-bond acceptors (Lipinski definition) is 3. The molecular weight excluding hydrogens is 182 g/mol. The highest BCUT2D eigenvalue weighted by Crippen LogP contribution is 1.98. The van der Waals surface area contributed by atoms with Crippen LogP contribution in [0.4, 0.5) is 4.79 Å². The van der Waals surface area contributed by atoms with Crippen LogP contribution in [-0.2, 0) is 9.47 Å². The quantitative estimate of drug-likeness (QED) is 0.653. The Morgan fingerprint density at radius 3 is 2.21 bits per heavy atom. The molecule has 14 heavy (non-hydrogen) atoms. The number of carbonyl (C=O) groups excluding carboxylic acids is 1. The lowest BCUT2D eigenvalue weighted by Gasteiger charge is -2.25. The van der Waals surface area contributed by atoms with E-state index >= 15 is 0 Å². The van der Waals surface area contributed by atoms with Gasteiger partial charge in [-0.2, -0.15) is 0 Å². The highest BCUT2D eigenvalue weighted by molar-refractivity contribution is 5.67. The SMILES string of the molecule is CCC.CCOC(=O)N1CCOCC1. The predicted molar refractivity (Wildman–Crippen MR) is 55.4 cm³/mol. The molecule has 1 amide bonds. The molecular formula is C10H21NO3. The summed E-state index contributed by atoms with van der Waals surface area (Å²) >= 11 is 0. The van der Waals surface area contributed by atoms with E-state index in [1.54, 1.807) is 11.8 Å². The van der Waals surface area contributed by atoms with E-state index in [0.717, 1.165) is 0 Å². The topological polar surface area (TPSA) is 38.8 Å². The van der Waals surface area contributed by atoms with Gasteiger partial charge in [0.15, 0.2) is 0 Å². The smallest absolute Gasteiger partial charge is 0.409 e. The lowest BCUT2D eigenvalue weighted by Crippen LogP contribution is -2.40. The second-order valence-corrected chi connectivity index (χ2v) is 3.01. The minimum absolute atomic E-state index is 0.226. The second-order valence-electron chi connectivity index (χ2n) is 3.01. The zero-order chi connectivity index (χ0) is 10.8. The van der Waals surface area contributed by atoms with Crippen molar-refractivity contribution in [3.63, 3.8) is 0 Å². The molecule has 4 heteroatoms. The number of amides is 1. The van der Waals surface area contributed by atoms with Crippen molar-refractivity contribution in [2.45, 2.75) is 27.2 Å². The second kappa shape index (κ2) is 8.81. The summed E-state index contributed by atoms with van der Waals surface area (Å²) in [5, 5.41) is 0. The molecule has 84 valence electrons. The summed E-state index contributed by atoms with van der Waals surface area (Å²) in [4.78, 5) is 12.7. The summed E-state index contributed by atoms with van der Waals surface area (Å²) in [7, 11) is 0. The van der Waals surface area contributed by atoms with Crippen molar-refractivity contribution in [2.24, 2.45) is 0 Å². The van der Waals surface area contributed by atoms with Gasteiger partial charge in [0.1, 0.15) is 0 Å². The van der Waals surface area contributed by atoms with Crippen LogP contribution in [0.3, 0.4) is 0 Å². The van der Waals surface area contributed by atoms with E-state index < -0.39 is 0 Å². The summed E-state index contributed by atoms with van der Waals surface area (Å²) < 4.78 is 9.89. The first kappa shape index (κ1) is 13.2. The number of hydrogen-bond donors (Lipinski definition) is 0. The van der Waals surface area contributed by atoms with Crippen LogP contribution in [0.1, 0.15) is 27.2 Å². The molecule has 0 aromatic rings. The van der Waals surface area contributed by atoms with Gasteiger partial charge in [0.2, 0.25) is 0 Å². The Kier molecular flexibility index (Phi) is 8.33. The van der Waals surface area contributed by atoms with Gasteiger partial charge in [-0.25, -0.2) is 4.79 Å². The van der Waals surface area contributed by atoms with Crippen LogP contribution in [-0.4, -0.2) is 43.9 Å². The van der Waals surface area contributed by atoms with Gasteiger partial charge in [-0.05, 0) is 6.92 Å². The fourth-order valence-electron chi connectivity index (χ4n) is 0.961. The van der Waals surface area contributed by atoms with Crippen LogP contribution in [0, 0.1) is 0 Å². The van der Waals surface area contributed by atoms with Gasteiger partial charge >= 0.3 is 6.09 Å². The Bertz CT molecular complexity index is 144. The summed E-state index contributed by atoms with van der Waals surface area (Å²) in [5.41, 5.74) is 0. The number of morpholine rings is 1. The zero-order valence-corrected chi connectivity index (χ0v) is 9.41. The van der Waals surface area contributed by atoms with Gasteiger partial charge in [0.05, 0.1) is 19.8 Å². The van der Waals surface area contributed by atoms with E-state index in [1.807, 2.05) is 0 Å². The fourth-order valence-corrected chi connectivity index (χ4v) is 0.961. The maximum atomic E-state index is 11.0. The lowest BCUT2D eigenvalue weighted by atomic mass is 10.5. The van der Waals surface area contributed by atoms with Gasteiger partial charge in [-0.3, -0.25) is 0 Å². The van der Waals surface area contributed by atoms with Crippen molar-refractivity contribution in [2.75, 3.05) is 32.9 Å². The van der Waals surface area contributed by atoms with Crippen LogP contribution in [0.5, 0.6) is 0 Å². The monoisotopic (exact) mass is 203 g/mol. The average Bonchev–Trinajstić information content (AvgIpc) is 2.21. The molecule has 1 saturated heterocycles. The van der Waals surface area contributed by atoms with Crippen molar-refractivity contribution >= 4 is 6.09 Å². The van der Waals surface area contributed by atoms with Gasteiger partial charge in [0.25, 0.3) is 0 Å². The van der Waals surface area contributed by atoms with E-state index in [9.17, 15) is 4.79 Å². The Hall–Kier alpha value is -0.770. The average molecular weight is 203 g/mol. The molecule has 0 atom stereocenters. The third kappa shape index (κ3) is 5.80. The van der Waals surface area contributed by atoms with Gasteiger partial charge in [0, 0.05) is 13.1 Å². The van der Waals surface area contributed by atoms with Crippen LogP contribution >= 0.6 is 0 Å². The fraction of sp³-hybridized carbons (Fsp3) is 0.900. The van der Waals surface area contributed by atoms with Gasteiger partial charge in [-0.15, -0.1) is 0 Å². The third-order valence-electron chi connectivity index (χ3n) is 1.54. The van der Waals surface area contributed by atoms with E-state index in [0.29, 0.717) is 32.9 Å². The Morgan fingerprint density at radius 1 is 1.29 bits per heavy atom. The van der Waals surface area contributed by atoms with Crippen molar-refractivity contribution < 1.29 is 14.3 Å². The molecule has 0 N–H and O–H groups in total. The first-order valence-corrected chi connectivity index (χ1v) is 5.25. The largest absolute Gasteiger partial charge is 0.450 e. The first-order chi connectivity index (χ1) is 6.76. The minimum Gasteiger partial charge on any atom is -0.450 e. The van der Waals surface area contributed by atoms with Crippen LogP contribution in [0.2, 0.25) is 0 Å². The normalized spacial score (nSPS) is 15.5. The van der Waals surface area contributed by atoms with Crippen LogP contribution < -0.4 is 0 Å². The number of nitrogens with zero attached hydrogens (tertiary/aromatic N) is 1. The molecule has 0 radical (unpaired) electrons. The molecule has 0 saturated carbocycles. The van der Waals surface area contributed by atoms with Crippen molar-refractivity contribution in [1.82, 2.24) is 4.90 Å². The van der Waals surface area contributed by atoms with E-state index in [1.165, 1.54) is 6.42 Å². The van der Waals surface area contributed by atoms with Gasteiger partial charge in [-0.1, -0.05) is 20.3 Å². The molecule has 1 heterocycles. The maximum Gasteiger partial charge on any atom is 0.409 e. The van der Waals surface area contributed by atoms with E-state index in [-0.39, 0.29) is 6.09 Å². The lowest BCUT2D eigenvalue weighted by molar-refractivity contribution is 0.0286. The molecule has 1 aliphatic rings. The molecule has 0 bridgehead atoms. The number of rotatable bonds is 1. The molecule has 0 spiro atoms. The van der Waals surface area contributed by atoms with Crippen molar-refractivity contribution in [3.05, 3.63) is 0 Å². The molecule has 1 aliphatic heterocycles. The predicted octanol–water partition coefficient (Wildman–Crippen LogP) is 1.89. The number of ether oxygens (including phenoxy) is 2. The summed E-state index contributed by atoms with van der Waals surface area (Å²) in [6, 6.07) is 0. The molecule has 0 aromatic carbocycles. The molecule has 1 fully saturated rings.